The fraction of sp³-hybridized carbons (Fsp3) is 0.700. The third-order valence-corrected chi connectivity index (χ3v) is 5.83. The highest BCUT2D eigenvalue weighted by atomic mass is 14.9. The van der Waals surface area contributed by atoms with Gasteiger partial charge in [-0.2, -0.15) is 0 Å². The fourth-order valence-electron chi connectivity index (χ4n) is 3.61. The van der Waals surface area contributed by atoms with Gasteiger partial charge in [0.05, 0.1) is 0 Å². The van der Waals surface area contributed by atoms with E-state index in [-0.39, 0.29) is 0 Å². The highest BCUT2D eigenvalue weighted by Crippen LogP contribution is 2.40. The molecule has 1 nitrogen and oxygen atoms in total. The van der Waals surface area contributed by atoms with Gasteiger partial charge in [-0.15, -0.1) is 0 Å². The second-order valence-corrected chi connectivity index (χ2v) is 7.70. The summed E-state index contributed by atoms with van der Waals surface area (Å²) in [5.41, 5.74) is 4.77. The predicted molar refractivity (Wildman–Crippen MR) is 92.6 cm³/mol. The van der Waals surface area contributed by atoms with Crippen molar-refractivity contribution in [3.05, 3.63) is 34.9 Å². The molecule has 2 rings (SSSR count). The Morgan fingerprint density at radius 1 is 1.10 bits per heavy atom. The van der Waals surface area contributed by atoms with Crippen LogP contribution in [0, 0.1) is 25.2 Å². The molecule has 0 unspecified atom stereocenters. The summed E-state index contributed by atoms with van der Waals surface area (Å²) < 4.78 is 0. The van der Waals surface area contributed by atoms with Crippen LogP contribution in [0.25, 0.3) is 0 Å². The lowest BCUT2D eigenvalue weighted by molar-refractivity contribution is 0.137. The molecular formula is C20H33N. The van der Waals surface area contributed by atoms with Crippen LogP contribution >= 0.6 is 0 Å². The van der Waals surface area contributed by atoms with E-state index in [0.717, 1.165) is 12.5 Å². The van der Waals surface area contributed by atoms with E-state index < -0.39 is 0 Å². The molecule has 1 aliphatic rings. The van der Waals surface area contributed by atoms with Crippen LogP contribution in [0.5, 0.6) is 0 Å². The van der Waals surface area contributed by atoms with Gasteiger partial charge in [-0.05, 0) is 62.0 Å². The van der Waals surface area contributed by atoms with Gasteiger partial charge in [0.1, 0.15) is 0 Å². The normalized spacial score (nSPS) is 23.3. The summed E-state index contributed by atoms with van der Waals surface area (Å²) in [5, 5.41) is 3.80. The number of benzene rings is 1. The molecule has 0 heterocycles. The maximum absolute atomic E-state index is 3.80. The molecule has 1 saturated carbocycles. The minimum Gasteiger partial charge on any atom is -0.310 e. The van der Waals surface area contributed by atoms with Crippen molar-refractivity contribution < 1.29 is 0 Å². The summed E-state index contributed by atoms with van der Waals surface area (Å²) in [6.45, 7) is 12.7. The van der Waals surface area contributed by atoms with Gasteiger partial charge in [0, 0.05) is 12.6 Å². The van der Waals surface area contributed by atoms with E-state index >= 15 is 0 Å². The molecule has 0 aliphatic heterocycles. The summed E-state index contributed by atoms with van der Waals surface area (Å²) in [4.78, 5) is 0. The number of aryl methyl sites for hydroxylation is 2. The predicted octanol–water partition coefficient (Wildman–Crippen LogP) is 5.39. The number of nitrogens with one attached hydrogen (secondary N) is 1. The maximum Gasteiger partial charge on any atom is 0.0210 e. The lowest BCUT2D eigenvalue weighted by Gasteiger charge is -2.39. The summed E-state index contributed by atoms with van der Waals surface area (Å²) in [6, 6.07) is 7.49. The third kappa shape index (κ3) is 4.32. The highest BCUT2D eigenvalue weighted by Gasteiger charge is 2.31. The van der Waals surface area contributed by atoms with E-state index in [9.17, 15) is 0 Å². The Morgan fingerprint density at radius 3 is 2.38 bits per heavy atom. The van der Waals surface area contributed by atoms with E-state index in [0.29, 0.717) is 11.5 Å². The van der Waals surface area contributed by atoms with Crippen LogP contribution in [-0.2, 0) is 6.54 Å². The minimum atomic E-state index is 0.526. The SMILES string of the molecule is CCC(C)(C)C1CCC(NCc2cc(C)ccc2C)CC1. The lowest BCUT2D eigenvalue weighted by Crippen LogP contribution is -2.36. The fourth-order valence-corrected chi connectivity index (χ4v) is 3.61. The molecule has 1 aromatic rings. The first-order valence-electron chi connectivity index (χ1n) is 8.72. The standard InChI is InChI=1S/C20H33N/c1-6-20(4,5)18-9-11-19(12-10-18)21-14-17-13-15(2)7-8-16(17)3/h7-8,13,18-19,21H,6,9-12,14H2,1-5H3. The van der Waals surface area contributed by atoms with Crippen molar-refractivity contribution in [3.8, 4) is 0 Å². The first-order chi connectivity index (χ1) is 9.92. The van der Waals surface area contributed by atoms with E-state index in [4.69, 9.17) is 0 Å². The van der Waals surface area contributed by atoms with Gasteiger partial charge in [-0.1, -0.05) is 51.0 Å². The van der Waals surface area contributed by atoms with Gasteiger partial charge in [0.15, 0.2) is 0 Å². The molecule has 118 valence electrons. The Morgan fingerprint density at radius 2 is 1.76 bits per heavy atom. The van der Waals surface area contributed by atoms with Crippen molar-refractivity contribution in [3.63, 3.8) is 0 Å². The smallest absolute Gasteiger partial charge is 0.0210 e. The molecule has 1 aliphatic carbocycles. The Balaban J connectivity index is 1.83. The molecule has 21 heavy (non-hydrogen) atoms. The van der Waals surface area contributed by atoms with Crippen LogP contribution in [0.15, 0.2) is 18.2 Å². The quantitative estimate of drug-likeness (QED) is 0.765. The number of hydrogen-bond donors (Lipinski definition) is 1. The summed E-state index contributed by atoms with van der Waals surface area (Å²) in [6.07, 6.45) is 6.78. The van der Waals surface area contributed by atoms with Gasteiger partial charge in [0.25, 0.3) is 0 Å². The molecule has 0 aromatic heterocycles. The van der Waals surface area contributed by atoms with Gasteiger partial charge in [-0.3, -0.25) is 0 Å². The van der Waals surface area contributed by atoms with E-state index in [1.807, 2.05) is 0 Å². The molecule has 1 aromatic carbocycles. The summed E-state index contributed by atoms with van der Waals surface area (Å²) in [7, 11) is 0. The number of rotatable bonds is 5. The van der Waals surface area contributed by atoms with Crippen LogP contribution in [0.3, 0.4) is 0 Å². The van der Waals surface area contributed by atoms with Crippen molar-refractivity contribution in [1.82, 2.24) is 5.32 Å². The Bertz CT molecular complexity index is 453. The molecule has 1 fully saturated rings. The molecular weight excluding hydrogens is 254 g/mol. The largest absolute Gasteiger partial charge is 0.310 e. The summed E-state index contributed by atoms with van der Waals surface area (Å²) >= 11 is 0. The monoisotopic (exact) mass is 287 g/mol. The second-order valence-electron chi connectivity index (χ2n) is 7.70. The molecule has 1 N–H and O–H groups in total. The zero-order valence-corrected chi connectivity index (χ0v) is 14.6. The van der Waals surface area contributed by atoms with Crippen molar-refractivity contribution in [1.29, 1.82) is 0 Å². The average molecular weight is 287 g/mol. The Kier molecular flexibility index (Phi) is 5.48. The van der Waals surface area contributed by atoms with Gasteiger partial charge < -0.3 is 5.32 Å². The van der Waals surface area contributed by atoms with Crippen LogP contribution in [0.1, 0.15) is 69.6 Å². The van der Waals surface area contributed by atoms with Crippen LogP contribution in [0.4, 0.5) is 0 Å². The first-order valence-corrected chi connectivity index (χ1v) is 8.72. The number of hydrogen-bond acceptors (Lipinski definition) is 1. The van der Waals surface area contributed by atoms with Crippen molar-refractivity contribution in [2.75, 3.05) is 0 Å². The molecule has 0 spiro atoms. The lowest BCUT2D eigenvalue weighted by atomic mass is 9.69. The molecule has 0 radical (unpaired) electrons. The minimum absolute atomic E-state index is 0.526. The zero-order valence-electron chi connectivity index (χ0n) is 14.6. The van der Waals surface area contributed by atoms with Gasteiger partial charge >= 0.3 is 0 Å². The van der Waals surface area contributed by atoms with Crippen molar-refractivity contribution >= 4 is 0 Å². The second kappa shape index (κ2) is 6.96. The van der Waals surface area contributed by atoms with Crippen molar-refractivity contribution in [2.24, 2.45) is 11.3 Å². The molecule has 0 atom stereocenters. The molecule has 0 saturated heterocycles. The first kappa shape index (κ1) is 16.5. The summed E-state index contributed by atoms with van der Waals surface area (Å²) in [5.74, 6) is 0.918. The molecule has 0 bridgehead atoms. The van der Waals surface area contributed by atoms with E-state index in [1.165, 1.54) is 48.8 Å². The topological polar surface area (TPSA) is 12.0 Å². The maximum atomic E-state index is 3.80. The van der Waals surface area contributed by atoms with Crippen LogP contribution < -0.4 is 5.32 Å². The van der Waals surface area contributed by atoms with Crippen molar-refractivity contribution in [2.45, 2.75) is 79.3 Å². The molecule has 0 amide bonds. The van der Waals surface area contributed by atoms with E-state index in [2.05, 4.69) is 58.1 Å². The zero-order chi connectivity index (χ0) is 15.5. The molecule has 1 heteroatoms. The van der Waals surface area contributed by atoms with Gasteiger partial charge in [-0.25, -0.2) is 0 Å². The highest BCUT2D eigenvalue weighted by molar-refractivity contribution is 5.30. The van der Waals surface area contributed by atoms with Crippen LogP contribution in [0.2, 0.25) is 0 Å². The van der Waals surface area contributed by atoms with Crippen LogP contribution in [-0.4, -0.2) is 6.04 Å². The third-order valence-electron chi connectivity index (χ3n) is 5.83. The Labute approximate surface area is 131 Å². The average Bonchev–Trinajstić information content (AvgIpc) is 2.48. The van der Waals surface area contributed by atoms with E-state index in [1.54, 1.807) is 0 Å². The Hall–Kier alpha value is -0.820. The van der Waals surface area contributed by atoms with Gasteiger partial charge in [0.2, 0.25) is 0 Å².